The van der Waals surface area contributed by atoms with Crippen LogP contribution in [0.5, 0.6) is 0 Å². The summed E-state index contributed by atoms with van der Waals surface area (Å²) in [7, 11) is 0. The fourth-order valence-electron chi connectivity index (χ4n) is 7.62. The molecule has 8 heteroatoms. The number of hydrogen-bond acceptors (Lipinski definition) is 6. The number of likely N-dealkylation sites (tertiary alicyclic amines) is 1. The Bertz CT molecular complexity index is 984. The van der Waals surface area contributed by atoms with Crippen molar-refractivity contribution in [3.63, 3.8) is 0 Å². The van der Waals surface area contributed by atoms with E-state index in [0.717, 1.165) is 6.42 Å². The predicted octanol–water partition coefficient (Wildman–Crippen LogP) is 4.12. The lowest BCUT2D eigenvalue weighted by molar-refractivity contribution is -0.164. The number of nitrogens with zero attached hydrogens (tertiary/aromatic N) is 2. The second-order valence-corrected chi connectivity index (χ2v) is 14.0. The van der Waals surface area contributed by atoms with Gasteiger partial charge >= 0.3 is 5.97 Å². The quantitative estimate of drug-likeness (QED) is 0.225. The maximum Gasteiger partial charge on any atom is 0.312 e. The number of carbonyl (C=O) groups excluding carboxylic acids is 3. The molecule has 0 aliphatic carbocycles. The molecule has 1 spiro atoms. The average molecular weight is 547 g/mol. The van der Waals surface area contributed by atoms with Crippen molar-refractivity contribution >= 4 is 17.8 Å². The SMILES string of the molecule is C=CCCOC(=O)[C@H]1[C@H]2C(=O)N([C@@H](CO)C(C)C)C(C(=O)N(CC=C)C(C)(C)CC(C)(C)C)C23CC[C@]1(C)O3. The van der Waals surface area contributed by atoms with E-state index in [1.165, 1.54) is 0 Å². The van der Waals surface area contributed by atoms with Gasteiger partial charge in [-0.1, -0.05) is 46.8 Å². The molecule has 39 heavy (non-hydrogen) atoms. The standard InChI is InChI=1S/C31H50N2O6/c1-11-13-17-38-27(37)23-22-25(35)33(21(18-34)20(3)4)24(31(22)15-14-30(23,10)39-31)26(36)32(16-12-2)29(8,9)19-28(5,6)7/h11-12,20-24,34H,1-2,13-19H2,3-10H3/t21-,22-,23+,24?,30-,31?/m0/s1. The Morgan fingerprint density at radius 1 is 1.21 bits per heavy atom. The van der Waals surface area contributed by atoms with Crippen LogP contribution in [0.1, 0.15) is 81.1 Å². The largest absolute Gasteiger partial charge is 0.465 e. The Morgan fingerprint density at radius 3 is 2.36 bits per heavy atom. The van der Waals surface area contributed by atoms with Crippen molar-refractivity contribution in [3.05, 3.63) is 25.3 Å². The van der Waals surface area contributed by atoms with Crippen LogP contribution in [0.15, 0.2) is 25.3 Å². The van der Waals surface area contributed by atoms with Gasteiger partial charge in [0.2, 0.25) is 11.8 Å². The molecule has 3 rings (SSSR count). The maximum atomic E-state index is 14.8. The topological polar surface area (TPSA) is 96.4 Å². The number of aliphatic hydroxyl groups excluding tert-OH is 1. The van der Waals surface area contributed by atoms with Crippen LogP contribution in [-0.4, -0.2) is 81.3 Å². The smallest absolute Gasteiger partial charge is 0.312 e. The Labute approximate surface area is 234 Å². The third-order valence-corrected chi connectivity index (χ3v) is 8.85. The van der Waals surface area contributed by atoms with Crippen LogP contribution in [0.4, 0.5) is 0 Å². The first-order valence-electron chi connectivity index (χ1n) is 14.3. The molecule has 2 amide bonds. The highest BCUT2D eigenvalue weighted by Gasteiger charge is 2.79. The number of esters is 1. The van der Waals surface area contributed by atoms with Crippen molar-refractivity contribution in [2.45, 2.75) is 110 Å². The van der Waals surface area contributed by atoms with E-state index in [4.69, 9.17) is 9.47 Å². The third-order valence-electron chi connectivity index (χ3n) is 8.85. The molecule has 3 heterocycles. The summed E-state index contributed by atoms with van der Waals surface area (Å²) in [5.41, 5.74) is -2.70. The highest BCUT2D eigenvalue weighted by Crippen LogP contribution is 2.64. The highest BCUT2D eigenvalue weighted by atomic mass is 16.6. The van der Waals surface area contributed by atoms with Crippen molar-refractivity contribution in [2.75, 3.05) is 19.8 Å². The molecular weight excluding hydrogens is 496 g/mol. The lowest BCUT2D eigenvalue weighted by atomic mass is 9.66. The number of rotatable bonds is 12. The number of fused-ring (bicyclic) bond motifs is 1. The Balaban J connectivity index is 2.15. The van der Waals surface area contributed by atoms with Crippen molar-refractivity contribution in [1.82, 2.24) is 9.80 Å². The van der Waals surface area contributed by atoms with Crippen LogP contribution in [0.25, 0.3) is 0 Å². The van der Waals surface area contributed by atoms with Gasteiger partial charge in [-0.2, -0.15) is 0 Å². The van der Waals surface area contributed by atoms with Gasteiger partial charge in [0, 0.05) is 12.1 Å². The number of carbonyl (C=O) groups is 3. The van der Waals surface area contributed by atoms with Gasteiger partial charge in [0.25, 0.3) is 0 Å². The summed E-state index contributed by atoms with van der Waals surface area (Å²) in [4.78, 5) is 45.9. The molecule has 8 nitrogen and oxygen atoms in total. The van der Waals surface area contributed by atoms with Crippen LogP contribution in [0.2, 0.25) is 0 Å². The molecule has 3 fully saturated rings. The molecule has 220 valence electrons. The van der Waals surface area contributed by atoms with Gasteiger partial charge in [0.1, 0.15) is 17.6 Å². The Morgan fingerprint density at radius 2 is 1.85 bits per heavy atom. The van der Waals surface area contributed by atoms with Gasteiger partial charge in [-0.3, -0.25) is 14.4 Å². The summed E-state index contributed by atoms with van der Waals surface area (Å²) >= 11 is 0. The van der Waals surface area contributed by atoms with Gasteiger partial charge in [-0.25, -0.2) is 0 Å². The van der Waals surface area contributed by atoms with Gasteiger partial charge < -0.3 is 24.4 Å². The van der Waals surface area contributed by atoms with E-state index in [1.54, 1.807) is 22.0 Å². The van der Waals surface area contributed by atoms with E-state index in [1.807, 2.05) is 34.6 Å². The third kappa shape index (κ3) is 5.43. The fraction of sp³-hybridized carbons (Fsp3) is 0.774. The normalized spacial score (nSPS) is 30.9. The fourth-order valence-corrected chi connectivity index (χ4v) is 7.62. The zero-order chi connectivity index (χ0) is 29.6. The highest BCUT2D eigenvalue weighted by molar-refractivity contribution is 5.99. The summed E-state index contributed by atoms with van der Waals surface area (Å²) in [5.74, 6) is -2.83. The van der Waals surface area contributed by atoms with Gasteiger partial charge in [-0.15, -0.1) is 13.2 Å². The molecule has 0 aromatic heterocycles. The summed E-state index contributed by atoms with van der Waals surface area (Å²) in [6, 6.07) is -1.57. The van der Waals surface area contributed by atoms with E-state index in [2.05, 4.69) is 33.9 Å². The number of ether oxygens (including phenoxy) is 2. The first kappa shape index (κ1) is 31.3. The molecule has 1 N–H and O–H groups in total. The van der Waals surface area contributed by atoms with Gasteiger partial charge in [0.05, 0.1) is 30.8 Å². The Kier molecular flexibility index (Phi) is 8.84. The molecule has 0 aromatic carbocycles. The van der Waals surface area contributed by atoms with Crippen LogP contribution >= 0.6 is 0 Å². The number of amides is 2. The molecule has 0 aromatic rings. The van der Waals surface area contributed by atoms with E-state index >= 15 is 0 Å². The van der Waals surface area contributed by atoms with Crippen LogP contribution in [0.3, 0.4) is 0 Å². The lowest BCUT2D eigenvalue weighted by Gasteiger charge is -2.47. The molecule has 6 atom stereocenters. The summed E-state index contributed by atoms with van der Waals surface area (Å²) < 4.78 is 12.3. The zero-order valence-electron chi connectivity index (χ0n) is 25.3. The second kappa shape index (κ2) is 11.0. The zero-order valence-corrected chi connectivity index (χ0v) is 25.3. The lowest BCUT2D eigenvalue weighted by Crippen LogP contribution is -2.63. The van der Waals surface area contributed by atoms with Gasteiger partial charge in [-0.05, 0) is 57.8 Å². The average Bonchev–Trinajstić information content (AvgIpc) is 3.37. The van der Waals surface area contributed by atoms with Crippen molar-refractivity contribution < 1.29 is 29.0 Å². The maximum absolute atomic E-state index is 14.8. The first-order valence-corrected chi connectivity index (χ1v) is 14.3. The van der Waals surface area contributed by atoms with Gasteiger partial charge in [0.15, 0.2) is 0 Å². The van der Waals surface area contributed by atoms with Crippen LogP contribution < -0.4 is 0 Å². The second-order valence-electron chi connectivity index (χ2n) is 14.0. The monoisotopic (exact) mass is 546 g/mol. The molecule has 2 unspecified atom stereocenters. The van der Waals surface area contributed by atoms with E-state index < -0.39 is 46.6 Å². The number of hydrogen-bond donors (Lipinski definition) is 1. The van der Waals surface area contributed by atoms with E-state index in [-0.39, 0.29) is 36.4 Å². The minimum Gasteiger partial charge on any atom is -0.465 e. The van der Waals surface area contributed by atoms with Crippen LogP contribution in [0, 0.1) is 23.2 Å². The molecule has 3 aliphatic rings. The molecule has 0 saturated carbocycles. The minimum atomic E-state index is -1.18. The summed E-state index contributed by atoms with van der Waals surface area (Å²) in [5, 5.41) is 10.5. The summed E-state index contributed by atoms with van der Waals surface area (Å²) in [6.45, 7) is 24.0. The molecular formula is C31H50N2O6. The summed E-state index contributed by atoms with van der Waals surface area (Å²) in [6.07, 6.45) is 5.62. The first-order chi connectivity index (χ1) is 18.0. The number of aliphatic hydroxyl groups is 1. The van der Waals surface area contributed by atoms with Crippen molar-refractivity contribution in [2.24, 2.45) is 23.2 Å². The molecule has 3 aliphatic heterocycles. The van der Waals surface area contributed by atoms with E-state index in [0.29, 0.717) is 25.8 Å². The molecule has 0 radical (unpaired) electrons. The van der Waals surface area contributed by atoms with Crippen molar-refractivity contribution in [3.8, 4) is 0 Å². The minimum absolute atomic E-state index is 0.0587. The van der Waals surface area contributed by atoms with Crippen LogP contribution in [-0.2, 0) is 23.9 Å². The van der Waals surface area contributed by atoms with E-state index in [9.17, 15) is 19.5 Å². The van der Waals surface area contributed by atoms with Crippen molar-refractivity contribution in [1.29, 1.82) is 0 Å². The predicted molar refractivity (Wildman–Crippen MR) is 151 cm³/mol. The molecule has 2 bridgehead atoms. The molecule has 3 saturated heterocycles. The Hall–Kier alpha value is -2.19.